The summed E-state index contributed by atoms with van der Waals surface area (Å²) in [6.07, 6.45) is 5.61. The highest BCUT2D eigenvalue weighted by Crippen LogP contribution is 2.20. The number of nitrogens with zero attached hydrogens (tertiary/aromatic N) is 1. The van der Waals surface area contributed by atoms with Gasteiger partial charge in [0.05, 0.1) is 0 Å². The highest BCUT2D eigenvalue weighted by molar-refractivity contribution is 7.11. The van der Waals surface area contributed by atoms with Gasteiger partial charge in [-0.1, -0.05) is 26.7 Å². The van der Waals surface area contributed by atoms with E-state index in [0.717, 1.165) is 25.6 Å². The van der Waals surface area contributed by atoms with Crippen molar-refractivity contribution in [3.05, 3.63) is 21.9 Å². The number of thiophene rings is 1. The smallest absolute Gasteiger partial charge is 0.0328 e. The van der Waals surface area contributed by atoms with Crippen LogP contribution in [0.5, 0.6) is 0 Å². The van der Waals surface area contributed by atoms with E-state index in [1.807, 2.05) is 11.3 Å². The summed E-state index contributed by atoms with van der Waals surface area (Å²) >= 11 is 1.98. The van der Waals surface area contributed by atoms with Gasteiger partial charge < -0.3 is 5.32 Å². The third kappa shape index (κ3) is 5.64. The van der Waals surface area contributed by atoms with Crippen LogP contribution in [0.1, 0.15) is 49.3 Å². The molecule has 0 unspecified atom stereocenters. The molecule has 0 spiro atoms. The molecule has 0 aromatic carbocycles. The van der Waals surface area contributed by atoms with Gasteiger partial charge in [0, 0.05) is 22.8 Å². The lowest BCUT2D eigenvalue weighted by Crippen LogP contribution is -2.23. The Morgan fingerprint density at radius 3 is 2.47 bits per heavy atom. The summed E-state index contributed by atoms with van der Waals surface area (Å²) in [6.45, 7) is 10.4. The average Bonchev–Trinajstić information content (AvgIpc) is 2.65. The molecule has 1 aliphatic heterocycles. The molecule has 0 atom stereocenters. The highest BCUT2D eigenvalue weighted by atomic mass is 32.1. The summed E-state index contributed by atoms with van der Waals surface area (Å²) < 4.78 is 0. The maximum Gasteiger partial charge on any atom is 0.0328 e. The average molecular weight is 280 g/mol. The molecule has 0 aliphatic carbocycles. The molecular formula is C16H28N2S. The molecule has 3 heteroatoms. The second-order valence-corrected chi connectivity index (χ2v) is 7.34. The van der Waals surface area contributed by atoms with Crippen LogP contribution in [0.4, 0.5) is 0 Å². The second-order valence-electron chi connectivity index (χ2n) is 6.08. The van der Waals surface area contributed by atoms with E-state index < -0.39 is 0 Å². The lowest BCUT2D eigenvalue weighted by Gasteiger charge is -2.18. The molecule has 0 bridgehead atoms. The van der Waals surface area contributed by atoms with Crippen LogP contribution in [0.2, 0.25) is 0 Å². The Labute approximate surface area is 122 Å². The fourth-order valence-electron chi connectivity index (χ4n) is 2.60. The van der Waals surface area contributed by atoms with Crippen LogP contribution in [0.15, 0.2) is 12.1 Å². The van der Waals surface area contributed by atoms with Crippen LogP contribution in [-0.4, -0.2) is 24.5 Å². The Kier molecular flexibility index (Phi) is 6.35. The SMILES string of the molecule is CC(C)CNCc1ccc(CN2CCCCCC2)s1. The van der Waals surface area contributed by atoms with Crippen LogP contribution >= 0.6 is 11.3 Å². The van der Waals surface area contributed by atoms with E-state index in [1.165, 1.54) is 48.5 Å². The van der Waals surface area contributed by atoms with Crippen molar-refractivity contribution in [2.45, 2.75) is 52.6 Å². The van der Waals surface area contributed by atoms with Gasteiger partial charge in [0.25, 0.3) is 0 Å². The first-order chi connectivity index (χ1) is 9.24. The van der Waals surface area contributed by atoms with E-state index in [9.17, 15) is 0 Å². The van der Waals surface area contributed by atoms with Crippen LogP contribution in [-0.2, 0) is 13.1 Å². The largest absolute Gasteiger partial charge is 0.312 e. The maximum absolute atomic E-state index is 3.52. The molecule has 1 aliphatic rings. The van der Waals surface area contributed by atoms with E-state index in [1.54, 1.807) is 0 Å². The Bertz CT molecular complexity index is 351. The minimum atomic E-state index is 0.733. The van der Waals surface area contributed by atoms with E-state index in [4.69, 9.17) is 0 Å². The Morgan fingerprint density at radius 2 is 1.79 bits per heavy atom. The molecule has 1 fully saturated rings. The first-order valence-electron chi connectivity index (χ1n) is 7.74. The fraction of sp³-hybridized carbons (Fsp3) is 0.750. The third-order valence-corrected chi connectivity index (χ3v) is 4.72. The van der Waals surface area contributed by atoms with Gasteiger partial charge in [-0.05, 0) is 50.5 Å². The van der Waals surface area contributed by atoms with Crippen molar-refractivity contribution < 1.29 is 0 Å². The molecule has 1 aromatic rings. The molecular weight excluding hydrogens is 252 g/mol. The quantitative estimate of drug-likeness (QED) is 0.851. The van der Waals surface area contributed by atoms with Crippen molar-refractivity contribution in [2.75, 3.05) is 19.6 Å². The van der Waals surface area contributed by atoms with Gasteiger partial charge in [0.1, 0.15) is 0 Å². The summed E-state index contributed by atoms with van der Waals surface area (Å²) in [5, 5.41) is 3.52. The van der Waals surface area contributed by atoms with Crippen LogP contribution < -0.4 is 5.32 Å². The molecule has 19 heavy (non-hydrogen) atoms. The topological polar surface area (TPSA) is 15.3 Å². The summed E-state index contributed by atoms with van der Waals surface area (Å²) in [4.78, 5) is 5.64. The highest BCUT2D eigenvalue weighted by Gasteiger charge is 2.10. The normalized spacial score (nSPS) is 17.8. The lowest BCUT2D eigenvalue weighted by molar-refractivity contribution is 0.279. The van der Waals surface area contributed by atoms with Gasteiger partial charge in [0.15, 0.2) is 0 Å². The predicted molar refractivity (Wildman–Crippen MR) is 84.6 cm³/mol. The second kappa shape index (κ2) is 8.03. The molecule has 1 saturated heterocycles. The maximum atomic E-state index is 3.52. The van der Waals surface area contributed by atoms with E-state index in [-0.39, 0.29) is 0 Å². The van der Waals surface area contributed by atoms with Crippen molar-refractivity contribution in [1.82, 2.24) is 10.2 Å². The molecule has 1 N–H and O–H groups in total. The molecule has 0 radical (unpaired) electrons. The van der Waals surface area contributed by atoms with Gasteiger partial charge in [-0.2, -0.15) is 0 Å². The Morgan fingerprint density at radius 1 is 1.11 bits per heavy atom. The van der Waals surface area contributed by atoms with E-state index >= 15 is 0 Å². The van der Waals surface area contributed by atoms with E-state index in [2.05, 4.69) is 36.2 Å². The zero-order chi connectivity index (χ0) is 13.5. The fourth-order valence-corrected chi connectivity index (χ4v) is 3.63. The van der Waals surface area contributed by atoms with Crippen molar-refractivity contribution in [2.24, 2.45) is 5.92 Å². The first kappa shape index (κ1) is 15.0. The van der Waals surface area contributed by atoms with Crippen molar-refractivity contribution in [3.8, 4) is 0 Å². The predicted octanol–water partition coefficient (Wildman–Crippen LogP) is 3.87. The number of rotatable bonds is 6. The molecule has 2 rings (SSSR count). The van der Waals surface area contributed by atoms with Crippen molar-refractivity contribution >= 4 is 11.3 Å². The zero-order valence-electron chi connectivity index (χ0n) is 12.5. The van der Waals surface area contributed by atoms with Crippen molar-refractivity contribution in [1.29, 1.82) is 0 Å². The van der Waals surface area contributed by atoms with Crippen LogP contribution in [0.3, 0.4) is 0 Å². The van der Waals surface area contributed by atoms with Gasteiger partial charge >= 0.3 is 0 Å². The van der Waals surface area contributed by atoms with Crippen molar-refractivity contribution in [3.63, 3.8) is 0 Å². The minimum Gasteiger partial charge on any atom is -0.312 e. The van der Waals surface area contributed by atoms with Gasteiger partial charge in [-0.3, -0.25) is 4.90 Å². The monoisotopic (exact) mass is 280 g/mol. The van der Waals surface area contributed by atoms with Gasteiger partial charge in [0.2, 0.25) is 0 Å². The summed E-state index contributed by atoms with van der Waals surface area (Å²) in [6, 6.07) is 4.62. The van der Waals surface area contributed by atoms with Gasteiger partial charge in [-0.15, -0.1) is 11.3 Å². The van der Waals surface area contributed by atoms with E-state index in [0.29, 0.717) is 0 Å². The summed E-state index contributed by atoms with van der Waals surface area (Å²) in [5.41, 5.74) is 0. The summed E-state index contributed by atoms with van der Waals surface area (Å²) in [7, 11) is 0. The summed E-state index contributed by atoms with van der Waals surface area (Å²) in [5.74, 6) is 0.733. The zero-order valence-corrected chi connectivity index (χ0v) is 13.3. The van der Waals surface area contributed by atoms with Crippen LogP contribution in [0.25, 0.3) is 0 Å². The molecule has 2 heterocycles. The molecule has 108 valence electrons. The Hall–Kier alpha value is -0.380. The number of hydrogen-bond acceptors (Lipinski definition) is 3. The minimum absolute atomic E-state index is 0.733. The van der Waals surface area contributed by atoms with Crippen LogP contribution in [0, 0.1) is 5.92 Å². The van der Waals surface area contributed by atoms with Gasteiger partial charge in [-0.25, -0.2) is 0 Å². The molecule has 1 aromatic heterocycles. The first-order valence-corrected chi connectivity index (χ1v) is 8.56. The standard InChI is InChI=1S/C16H28N2S/c1-14(2)11-17-12-15-7-8-16(19-15)13-18-9-5-3-4-6-10-18/h7-8,14,17H,3-6,9-13H2,1-2H3. The number of hydrogen-bond donors (Lipinski definition) is 1. The lowest BCUT2D eigenvalue weighted by atomic mass is 10.2. The molecule has 2 nitrogen and oxygen atoms in total. The molecule has 0 amide bonds. The number of nitrogens with one attached hydrogen (secondary N) is 1. The number of likely N-dealkylation sites (tertiary alicyclic amines) is 1. The third-order valence-electron chi connectivity index (χ3n) is 3.65. The Balaban J connectivity index is 1.76. The molecule has 0 saturated carbocycles.